The monoisotopic (exact) mass is 312 g/mol. The number of amides is 1. The van der Waals surface area contributed by atoms with E-state index >= 15 is 0 Å². The molecule has 0 fully saturated rings. The van der Waals surface area contributed by atoms with E-state index in [0.29, 0.717) is 18.0 Å². The zero-order chi connectivity index (χ0) is 15.9. The second kappa shape index (κ2) is 8.14. The first-order chi connectivity index (χ1) is 9.85. The molecular formula is C15H24N2O3S. The van der Waals surface area contributed by atoms with Gasteiger partial charge in [-0.15, -0.1) is 0 Å². The first-order valence-corrected chi connectivity index (χ1v) is 8.80. The number of nitrogens with one attached hydrogen (secondary N) is 1. The van der Waals surface area contributed by atoms with Crippen LogP contribution in [0.15, 0.2) is 35.2 Å². The predicted octanol–water partition coefficient (Wildman–Crippen LogP) is 1.31. The third kappa shape index (κ3) is 6.27. The first kappa shape index (κ1) is 17.7. The molecule has 6 heteroatoms. The number of hydrogen-bond acceptors (Lipinski definition) is 4. The van der Waals surface area contributed by atoms with Gasteiger partial charge < -0.3 is 5.32 Å². The van der Waals surface area contributed by atoms with Gasteiger partial charge in [-0.05, 0) is 32.5 Å². The van der Waals surface area contributed by atoms with Crippen molar-refractivity contribution in [1.29, 1.82) is 0 Å². The molecule has 1 amide bonds. The molecule has 1 aromatic rings. The summed E-state index contributed by atoms with van der Waals surface area (Å²) in [6, 6.07) is 8.48. The van der Waals surface area contributed by atoms with Crippen LogP contribution >= 0.6 is 0 Å². The number of rotatable bonds is 8. The number of nitrogens with zero attached hydrogens (tertiary/aromatic N) is 1. The summed E-state index contributed by atoms with van der Waals surface area (Å²) in [5.41, 5.74) is 0. The van der Waals surface area contributed by atoms with E-state index in [4.69, 9.17) is 0 Å². The third-order valence-electron chi connectivity index (χ3n) is 3.04. The number of carbonyl (C=O) groups excluding carboxylic acids is 1. The van der Waals surface area contributed by atoms with Gasteiger partial charge in [-0.25, -0.2) is 8.42 Å². The number of carbonyl (C=O) groups is 1. The van der Waals surface area contributed by atoms with Crippen LogP contribution in [-0.2, 0) is 14.6 Å². The molecule has 0 heterocycles. The molecule has 0 aromatic heterocycles. The van der Waals surface area contributed by atoms with Crippen molar-refractivity contribution in [1.82, 2.24) is 10.2 Å². The Morgan fingerprint density at radius 3 is 2.38 bits per heavy atom. The lowest BCUT2D eigenvalue weighted by Crippen LogP contribution is -2.41. The summed E-state index contributed by atoms with van der Waals surface area (Å²) in [7, 11) is -3.30. The number of sulfone groups is 1. The van der Waals surface area contributed by atoms with Crippen LogP contribution in [0.2, 0.25) is 0 Å². The minimum absolute atomic E-state index is 0.0137. The van der Waals surface area contributed by atoms with Gasteiger partial charge >= 0.3 is 0 Å². The maximum Gasteiger partial charge on any atom is 0.234 e. The molecule has 0 aliphatic heterocycles. The summed E-state index contributed by atoms with van der Waals surface area (Å²) in [6.07, 6.45) is 0. The molecule has 0 spiro atoms. The smallest absolute Gasteiger partial charge is 0.234 e. The SMILES string of the molecule is CCN(CCS(=O)(=O)c1ccccc1)CC(=O)NC(C)C. The zero-order valence-corrected chi connectivity index (χ0v) is 13.7. The van der Waals surface area contributed by atoms with Crippen LogP contribution in [-0.4, -0.2) is 50.7 Å². The van der Waals surface area contributed by atoms with E-state index < -0.39 is 9.84 Å². The second-order valence-electron chi connectivity index (χ2n) is 5.22. The minimum atomic E-state index is -3.30. The molecule has 1 aromatic carbocycles. The van der Waals surface area contributed by atoms with Crippen molar-refractivity contribution in [3.8, 4) is 0 Å². The molecule has 0 aliphatic rings. The van der Waals surface area contributed by atoms with Crippen LogP contribution in [0.1, 0.15) is 20.8 Å². The molecule has 0 aliphatic carbocycles. The van der Waals surface area contributed by atoms with E-state index in [-0.39, 0.29) is 24.2 Å². The van der Waals surface area contributed by atoms with Gasteiger partial charge in [0.25, 0.3) is 0 Å². The highest BCUT2D eigenvalue weighted by Gasteiger charge is 2.17. The summed E-state index contributed by atoms with van der Waals surface area (Å²) >= 11 is 0. The van der Waals surface area contributed by atoms with Gasteiger partial charge in [-0.3, -0.25) is 9.69 Å². The van der Waals surface area contributed by atoms with Crippen molar-refractivity contribution in [3.63, 3.8) is 0 Å². The third-order valence-corrected chi connectivity index (χ3v) is 4.75. The lowest BCUT2D eigenvalue weighted by molar-refractivity contribution is -0.122. The Balaban J connectivity index is 2.57. The van der Waals surface area contributed by atoms with Gasteiger partial charge in [0, 0.05) is 12.6 Å². The zero-order valence-electron chi connectivity index (χ0n) is 12.9. The summed E-state index contributed by atoms with van der Waals surface area (Å²) in [5.74, 6) is -0.0660. The van der Waals surface area contributed by atoms with Crippen LogP contribution in [0.4, 0.5) is 0 Å². The molecular weight excluding hydrogens is 288 g/mol. The van der Waals surface area contributed by atoms with Gasteiger partial charge in [0.05, 0.1) is 17.2 Å². The summed E-state index contributed by atoms with van der Waals surface area (Å²) in [5, 5.41) is 2.81. The average Bonchev–Trinajstić information content (AvgIpc) is 2.43. The maximum absolute atomic E-state index is 12.2. The number of hydrogen-bond donors (Lipinski definition) is 1. The Morgan fingerprint density at radius 1 is 1.24 bits per heavy atom. The standard InChI is InChI=1S/C15H24N2O3S/c1-4-17(12-15(18)16-13(2)3)10-11-21(19,20)14-8-6-5-7-9-14/h5-9,13H,4,10-12H2,1-3H3,(H,16,18). The van der Waals surface area contributed by atoms with Crippen molar-refractivity contribution >= 4 is 15.7 Å². The van der Waals surface area contributed by atoms with Gasteiger partial charge in [0.1, 0.15) is 0 Å². The van der Waals surface area contributed by atoms with E-state index in [1.165, 1.54) is 0 Å². The van der Waals surface area contributed by atoms with E-state index in [0.717, 1.165) is 0 Å². The summed E-state index contributed by atoms with van der Waals surface area (Å²) in [6.45, 7) is 6.91. The Kier molecular flexibility index (Phi) is 6.84. The highest BCUT2D eigenvalue weighted by molar-refractivity contribution is 7.91. The van der Waals surface area contributed by atoms with E-state index in [9.17, 15) is 13.2 Å². The Hall–Kier alpha value is -1.40. The normalized spacial score (nSPS) is 11.9. The molecule has 0 atom stereocenters. The van der Waals surface area contributed by atoms with Crippen LogP contribution in [0, 0.1) is 0 Å². The predicted molar refractivity (Wildman–Crippen MR) is 83.9 cm³/mol. The van der Waals surface area contributed by atoms with Crippen molar-refractivity contribution in [3.05, 3.63) is 30.3 Å². The quantitative estimate of drug-likeness (QED) is 0.786. The van der Waals surface area contributed by atoms with Crippen LogP contribution in [0.25, 0.3) is 0 Å². The molecule has 5 nitrogen and oxygen atoms in total. The topological polar surface area (TPSA) is 66.5 Å². The molecule has 0 saturated carbocycles. The van der Waals surface area contributed by atoms with Gasteiger partial charge in [0.15, 0.2) is 9.84 Å². The largest absolute Gasteiger partial charge is 0.353 e. The average molecular weight is 312 g/mol. The Labute approximate surface area is 127 Å². The van der Waals surface area contributed by atoms with E-state index in [2.05, 4.69) is 5.32 Å². The molecule has 118 valence electrons. The van der Waals surface area contributed by atoms with Crippen LogP contribution in [0.5, 0.6) is 0 Å². The molecule has 0 bridgehead atoms. The van der Waals surface area contributed by atoms with E-state index in [1.807, 2.05) is 25.7 Å². The van der Waals surface area contributed by atoms with Crippen molar-refractivity contribution in [2.24, 2.45) is 0 Å². The molecule has 0 unspecified atom stereocenters. The summed E-state index contributed by atoms with van der Waals surface area (Å²) < 4.78 is 24.4. The van der Waals surface area contributed by atoms with Crippen molar-refractivity contribution in [2.45, 2.75) is 31.7 Å². The lowest BCUT2D eigenvalue weighted by atomic mass is 10.3. The van der Waals surface area contributed by atoms with Crippen LogP contribution < -0.4 is 5.32 Å². The molecule has 21 heavy (non-hydrogen) atoms. The number of benzene rings is 1. The van der Waals surface area contributed by atoms with E-state index in [1.54, 1.807) is 30.3 Å². The molecule has 0 saturated heterocycles. The van der Waals surface area contributed by atoms with Crippen molar-refractivity contribution < 1.29 is 13.2 Å². The summed E-state index contributed by atoms with van der Waals surface area (Å²) in [4.78, 5) is 13.9. The second-order valence-corrected chi connectivity index (χ2v) is 7.33. The van der Waals surface area contributed by atoms with Gasteiger partial charge in [-0.2, -0.15) is 0 Å². The highest BCUT2D eigenvalue weighted by Crippen LogP contribution is 2.10. The lowest BCUT2D eigenvalue weighted by Gasteiger charge is -2.20. The molecule has 0 radical (unpaired) electrons. The van der Waals surface area contributed by atoms with Gasteiger partial charge in [-0.1, -0.05) is 25.1 Å². The minimum Gasteiger partial charge on any atom is -0.353 e. The fourth-order valence-corrected chi connectivity index (χ4v) is 3.22. The molecule has 1 rings (SSSR count). The van der Waals surface area contributed by atoms with Crippen molar-refractivity contribution in [2.75, 3.05) is 25.4 Å². The number of likely N-dealkylation sites (N-methyl/N-ethyl adjacent to an activating group) is 1. The maximum atomic E-state index is 12.2. The fourth-order valence-electron chi connectivity index (χ4n) is 1.91. The Bertz CT molecular complexity index is 541. The van der Waals surface area contributed by atoms with Gasteiger partial charge in [0.2, 0.25) is 5.91 Å². The first-order valence-electron chi connectivity index (χ1n) is 7.14. The highest BCUT2D eigenvalue weighted by atomic mass is 32.2. The van der Waals surface area contributed by atoms with Crippen LogP contribution in [0.3, 0.4) is 0 Å². The molecule has 1 N–H and O–H groups in total. The Morgan fingerprint density at radius 2 is 1.86 bits per heavy atom. The fraction of sp³-hybridized carbons (Fsp3) is 0.533.